The van der Waals surface area contributed by atoms with Crippen LogP contribution in [0.15, 0.2) is 4.99 Å². The molecule has 0 heterocycles. The molecule has 0 saturated heterocycles. The summed E-state index contributed by atoms with van der Waals surface area (Å²) >= 11 is 0. The first-order valence-electron chi connectivity index (χ1n) is 7.13. The third-order valence-electron chi connectivity index (χ3n) is 2.50. The van der Waals surface area contributed by atoms with E-state index in [1.54, 1.807) is 14.2 Å². The lowest BCUT2D eigenvalue weighted by Gasteiger charge is -2.16. The summed E-state index contributed by atoms with van der Waals surface area (Å²) in [5.41, 5.74) is 0. The minimum absolute atomic E-state index is 0.0533. The minimum Gasteiger partial charge on any atom is -0.360 e. The molecule has 0 aromatic rings. The molecule has 19 heavy (non-hydrogen) atoms. The van der Waals surface area contributed by atoms with Gasteiger partial charge in [0.05, 0.1) is 9.52 Å². The Labute approximate surface area is 120 Å². The smallest absolute Gasteiger partial charge is 0.191 e. The summed E-state index contributed by atoms with van der Waals surface area (Å²) in [6.45, 7) is 9.34. The minimum atomic E-state index is -0.308. The highest BCUT2D eigenvalue weighted by Crippen LogP contribution is 1.96. The van der Waals surface area contributed by atoms with Crippen LogP contribution in [0.5, 0.6) is 0 Å². The van der Waals surface area contributed by atoms with E-state index in [9.17, 15) is 0 Å². The second-order valence-corrected chi connectivity index (χ2v) is 7.15. The molecule has 0 bridgehead atoms. The molecule has 6 heteroatoms. The van der Waals surface area contributed by atoms with Gasteiger partial charge in [-0.2, -0.15) is 0 Å². The molecular weight excluding hydrogens is 258 g/mol. The van der Waals surface area contributed by atoms with Crippen LogP contribution in [-0.2, 0) is 9.47 Å². The average molecular weight is 289 g/mol. The van der Waals surface area contributed by atoms with Crippen molar-refractivity contribution in [3.05, 3.63) is 0 Å². The molecule has 0 radical (unpaired) electrons. The van der Waals surface area contributed by atoms with Crippen LogP contribution in [-0.4, -0.2) is 54.2 Å². The first kappa shape index (κ1) is 18.4. The van der Waals surface area contributed by atoms with Crippen molar-refractivity contribution in [2.24, 2.45) is 4.99 Å². The number of rotatable bonds is 9. The van der Waals surface area contributed by atoms with Crippen LogP contribution >= 0.6 is 0 Å². The van der Waals surface area contributed by atoms with Crippen molar-refractivity contribution in [3.8, 4) is 0 Å². The molecule has 114 valence electrons. The molecule has 0 aromatic heterocycles. The van der Waals surface area contributed by atoms with E-state index in [0.29, 0.717) is 12.1 Å². The third-order valence-corrected chi connectivity index (χ3v) is 4.54. The molecule has 0 aliphatic rings. The van der Waals surface area contributed by atoms with Gasteiger partial charge < -0.3 is 20.1 Å². The maximum absolute atomic E-state index is 5.22. The van der Waals surface area contributed by atoms with E-state index in [4.69, 9.17) is 9.47 Å². The Hall–Kier alpha value is -0.593. The Kier molecular flexibility index (Phi) is 10.9. The lowest BCUT2D eigenvalue weighted by molar-refractivity contribution is -0.0441. The Morgan fingerprint density at radius 1 is 1.16 bits per heavy atom. The van der Waals surface area contributed by atoms with Crippen LogP contribution in [0.2, 0.25) is 6.04 Å². The summed E-state index contributed by atoms with van der Waals surface area (Å²) in [6, 6.07) is 1.90. The van der Waals surface area contributed by atoms with E-state index in [-0.39, 0.29) is 15.4 Å². The summed E-state index contributed by atoms with van der Waals surface area (Å²) in [5.74, 6) is 0.958. The monoisotopic (exact) mass is 289 g/mol. The second kappa shape index (κ2) is 11.3. The lowest BCUT2D eigenvalue weighted by atomic mass is 10.4. The SMILES string of the molecule is COC(OC)[SiH2]CCCN/C(=N\C(C)C)NC(C)C. The molecule has 0 saturated carbocycles. The Morgan fingerprint density at radius 3 is 2.26 bits per heavy atom. The zero-order valence-corrected chi connectivity index (χ0v) is 14.7. The summed E-state index contributed by atoms with van der Waals surface area (Å²) < 4.78 is 10.4. The fourth-order valence-electron chi connectivity index (χ4n) is 1.64. The van der Waals surface area contributed by atoms with E-state index in [1.165, 1.54) is 6.04 Å². The van der Waals surface area contributed by atoms with Gasteiger partial charge in [-0.05, 0) is 34.1 Å². The van der Waals surface area contributed by atoms with Crippen molar-refractivity contribution in [2.75, 3.05) is 20.8 Å². The van der Waals surface area contributed by atoms with Crippen LogP contribution in [0.25, 0.3) is 0 Å². The maximum Gasteiger partial charge on any atom is 0.191 e. The van der Waals surface area contributed by atoms with Gasteiger partial charge in [-0.25, -0.2) is 0 Å². The largest absolute Gasteiger partial charge is 0.360 e. The number of guanidine groups is 1. The predicted molar refractivity (Wildman–Crippen MR) is 84.6 cm³/mol. The van der Waals surface area contributed by atoms with Gasteiger partial charge >= 0.3 is 0 Å². The van der Waals surface area contributed by atoms with Gasteiger partial charge in [0, 0.05) is 32.8 Å². The Balaban J connectivity index is 3.87. The summed E-state index contributed by atoms with van der Waals surface area (Å²) in [5, 5.41) is 6.71. The van der Waals surface area contributed by atoms with Gasteiger partial charge in [-0.3, -0.25) is 4.99 Å². The van der Waals surface area contributed by atoms with Crippen molar-refractivity contribution >= 4 is 15.5 Å². The lowest BCUT2D eigenvalue weighted by Crippen LogP contribution is -2.42. The van der Waals surface area contributed by atoms with E-state index < -0.39 is 0 Å². The zero-order chi connectivity index (χ0) is 14.7. The van der Waals surface area contributed by atoms with Crippen LogP contribution in [0, 0.1) is 0 Å². The number of hydrogen-bond acceptors (Lipinski definition) is 3. The quantitative estimate of drug-likeness (QED) is 0.218. The number of aliphatic imine (C=N–C) groups is 1. The fraction of sp³-hybridized carbons (Fsp3) is 0.923. The molecule has 0 amide bonds. The molecule has 0 rings (SSSR count). The number of methoxy groups -OCH3 is 2. The molecule has 0 aliphatic carbocycles. The van der Waals surface area contributed by atoms with Crippen molar-refractivity contribution in [1.82, 2.24) is 10.6 Å². The summed E-state index contributed by atoms with van der Waals surface area (Å²) in [7, 11) is 3.11. The van der Waals surface area contributed by atoms with Crippen LogP contribution in [0.1, 0.15) is 34.1 Å². The third kappa shape index (κ3) is 11.0. The normalized spacial score (nSPS) is 13.2. The number of hydrogen-bond donors (Lipinski definition) is 2. The van der Waals surface area contributed by atoms with Crippen LogP contribution < -0.4 is 10.6 Å². The van der Waals surface area contributed by atoms with Gasteiger partial charge in [0.15, 0.2) is 5.96 Å². The van der Waals surface area contributed by atoms with Crippen molar-refractivity contribution in [3.63, 3.8) is 0 Å². The highest BCUT2D eigenvalue weighted by atomic mass is 28.2. The standard InChI is InChI=1S/C13H31N3O2Si/c1-10(2)15-12(16-11(3)4)14-8-7-9-19-13(17-5)18-6/h10-11,13H,7-9,19H2,1-6H3,(H2,14,15,16). The zero-order valence-electron chi connectivity index (χ0n) is 13.3. The molecule has 0 spiro atoms. The Bertz CT molecular complexity index is 244. The predicted octanol–water partition coefficient (Wildman–Crippen LogP) is 0.892. The molecule has 0 aliphatic heterocycles. The van der Waals surface area contributed by atoms with Gasteiger partial charge in [0.2, 0.25) is 0 Å². The highest BCUT2D eigenvalue weighted by molar-refractivity contribution is 6.36. The van der Waals surface area contributed by atoms with Crippen molar-refractivity contribution in [2.45, 2.75) is 58.2 Å². The molecule has 0 unspecified atom stereocenters. The molecule has 0 aromatic carbocycles. The van der Waals surface area contributed by atoms with E-state index >= 15 is 0 Å². The van der Waals surface area contributed by atoms with Gasteiger partial charge in [-0.1, -0.05) is 6.04 Å². The first-order chi connectivity index (χ1) is 8.99. The van der Waals surface area contributed by atoms with Crippen LogP contribution in [0.3, 0.4) is 0 Å². The topological polar surface area (TPSA) is 54.9 Å². The molecule has 2 N–H and O–H groups in total. The van der Waals surface area contributed by atoms with E-state index in [1.807, 2.05) is 0 Å². The number of nitrogens with one attached hydrogen (secondary N) is 2. The van der Waals surface area contributed by atoms with E-state index in [2.05, 4.69) is 43.3 Å². The number of ether oxygens (including phenoxy) is 2. The van der Waals surface area contributed by atoms with Crippen LogP contribution in [0.4, 0.5) is 0 Å². The highest BCUT2D eigenvalue weighted by Gasteiger charge is 2.05. The molecule has 0 atom stereocenters. The fourth-order valence-corrected chi connectivity index (χ4v) is 2.98. The van der Waals surface area contributed by atoms with Gasteiger partial charge in [0.25, 0.3) is 0 Å². The summed E-state index contributed by atoms with van der Waals surface area (Å²) in [6.07, 6.45) is 1.13. The first-order valence-corrected chi connectivity index (χ1v) is 8.95. The summed E-state index contributed by atoms with van der Waals surface area (Å²) in [4.78, 5) is 4.54. The number of nitrogens with zero attached hydrogens (tertiary/aromatic N) is 1. The molecule has 5 nitrogen and oxygen atoms in total. The van der Waals surface area contributed by atoms with Crippen molar-refractivity contribution < 1.29 is 9.47 Å². The molecule has 0 fully saturated rings. The van der Waals surface area contributed by atoms with Crippen molar-refractivity contribution in [1.29, 1.82) is 0 Å². The van der Waals surface area contributed by atoms with E-state index in [0.717, 1.165) is 18.9 Å². The molecular formula is C13H31N3O2Si. The maximum atomic E-state index is 5.22. The average Bonchev–Trinajstić information content (AvgIpc) is 2.32. The Morgan fingerprint density at radius 2 is 1.79 bits per heavy atom. The van der Waals surface area contributed by atoms with Gasteiger partial charge in [0.1, 0.15) is 5.91 Å². The van der Waals surface area contributed by atoms with Gasteiger partial charge in [-0.15, -0.1) is 0 Å². The second-order valence-electron chi connectivity index (χ2n) is 5.19.